The summed E-state index contributed by atoms with van der Waals surface area (Å²) in [5, 5.41) is 0. The number of alkyl halides is 5. The van der Waals surface area contributed by atoms with Crippen LogP contribution in [0.25, 0.3) is 5.57 Å². The molecule has 1 fully saturated rings. The molecule has 0 spiro atoms. The number of allylic oxidation sites excluding steroid dienone is 2. The predicted molar refractivity (Wildman–Crippen MR) is 104 cm³/mol. The molecule has 0 bridgehead atoms. The van der Waals surface area contributed by atoms with Crippen molar-refractivity contribution in [1.29, 1.82) is 0 Å². The fraction of sp³-hybridized carbons (Fsp3) is 0.348. The van der Waals surface area contributed by atoms with Gasteiger partial charge in [-0.25, -0.2) is 8.78 Å². The zero-order valence-corrected chi connectivity index (χ0v) is 17.2. The summed E-state index contributed by atoms with van der Waals surface area (Å²) in [4.78, 5) is 3.83. The van der Waals surface area contributed by atoms with Crippen molar-refractivity contribution in [3.63, 3.8) is 0 Å². The van der Waals surface area contributed by atoms with Crippen LogP contribution in [0.5, 0.6) is 0 Å². The van der Waals surface area contributed by atoms with Crippen LogP contribution in [-0.2, 0) is 21.0 Å². The third-order valence-corrected chi connectivity index (χ3v) is 5.63. The van der Waals surface area contributed by atoms with Crippen molar-refractivity contribution in [2.24, 2.45) is 0 Å². The van der Waals surface area contributed by atoms with E-state index in [1.54, 1.807) is 6.08 Å². The molecule has 0 amide bonds. The van der Waals surface area contributed by atoms with Gasteiger partial charge in [0.15, 0.2) is 5.60 Å². The molecular formula is C23H18F7NO2. The van der Waals surface area contributed by atoms with E-state index < -0.39 is 59.4 Å². The Balaban J connectivity index is 1.51. The van der Waals surface area contributed by atoms with Crippen molar-refractivity contribution >= 4 is 5.57 Å². The zero-order valence-electron chi connectivity index (χ0n) is 17.2. The Hall–Kier alpha value is -2.72. The lowest BCUT2D eigenvalue weighted by atomic mass is 9.89. The number of pyridine rings is 1. The zero-order chi connectivity index (χ0) is 24.1. The number of hydrogen-bond acceptors (Lipinski definition) is 3. The number of nitrogens with zero attached hydrogens (tertiary/aromatic N) is 1. The van der Waals surface area contributed by atoms with E-state index in [1.807, 2.05) is 0 Å². The molecule has 2 atom stereocenters. The second-order valence-electron chi connectivity index (χ2n) is 8.16. The van der Waals surface area contributed by atoms with E-state index in [2.05, 4.69) is 4.98 Å². The number of epoxide rings is 1. The highest BCUT2D eigenvalue weighted by Gasteiger charge is 2.68. The number of aromatic nitrogens is 1. The molecule has 1 aromatic carbocycles. The number of halogens is 7. The molecule has 176 valence electrons. The molecule has 1 saturated heterocycles. The maximum Gasteiger partial charge on any atom is 0.411 e. The summed E-state index contributed by atoms with van der Waals surface area (Å²) < 4.78 is 105. The Kier molecular flexibility index (Phi) is 5.65. The van der Waals surface area contributed by atoms with Crippen LogP contribution in [0.1, 0.15) is 30.2 Å². The molecular weight excluding hydrogens is 455 g/mol. The van der Waals surface area contributed by atoms with E-state index in [1.165, 1.54) is 31.3 Å². The number of benzene rings is 1. The first-order chi connectivity index (χ1) is 15.4. The van der Waals surface area contributed by atoms with Crippen LogP contribution in [-0.4, -0.2) is 30.0 Å². The standard InChI is InChI=1S/C23H18F7NO2/c1-20(32-13-22(26,27)28)8-6-14(7-9-20)15-2-5-19(31-11-15)23(29,30)21(12-33-21)17-4-3-16(24)10-18(17)25/h2-8,10-11H,9,12-13H2,1H3. The highest BCUT2D eigenvalue weighted by atomic mass is 19.4. The maximum atomic E-state index is 15.2. The third-order valence-electron chi connectivity index (χ3n) is 5.63. The van der Waals surface area contributed by atoms with Gasteiger partial charge in [-0.2, -0.15) is 22.0 Å². The second-order valence-corrected chi connectivity index (χ2v) is 8.16. The summed E-state index contributed by atoms with van der Waals surface area (Å²) in [5.74, 6) is -5.74. The summed E-state index contributed by atoms with van der Waals surface area (Å²) in [6, 6.07) is 4.77. The quantitative estimate of drug-likeness (QED) is 0.378. The van der Waals surface area contributed by atoms with Gasteiger partial charge in [0.25, 0.3) is 0 Å². The lowest BCUT2D eigenvalue weighted by molar-refractivity contribution is -0.194. The smallest absolute Gasteiger partial charge is 0.361 e. The Morgan fingerprint density at radius 3 is 2.33 bits per heavy atom. The van der Waals surface area contributed by atoms with Gasteiger partial charge in [0.05, 0.1) is 12.2 Å². The largest absolute Gasteiger partial charge is 0.411 e. The fourth-order valence-corrected chi connectivity index (χ4v) is 3.63. The Labute approximate surface area is 184 Å². The topological polar surface area (TPSA) is 34.6 Å². The summed E-state index contributed by atoms with van der Waals surface area (Å²) in [6.45, 7) is -0.342. The fourth-order valence-electron chi connectivity index (χ4n) is 3.63. The average molecular weight is 473 g/mol. The van der Waals surface area contributed by atoms with Crippen molar-refractivity contribution in [1.82, 2.24) is 4.98 Å². The average Bonchev–Trinajstić information content (AvgIpc) is 3.55. The molecule has 0 saturated carbocycles. The number of ether oxygens (including phenoxy) is 2. The van der Waals surface area contributed by atoms with E-state index in [-0.39, 0.29) is 6.42 Å². The predicted octanol–water partition coefficient (Wildman–Crippen LogP) is 6.06. The van der Waals surface area contributed by atoms with Gasteiger partial charge in [-0.05, 0) is 42.7 Å². The van der Waals surface area contributed by atoms with Crippen LogP contribution in [0.4, 0.5) is 30.7 Å². The van der Waals surface area contributed by atoms with Crippen LogP contribution in [0.3, 0.4) is 0 Å². The van der Waals surface area contributed by atoms with Gasteiger partial charge in [-0.15, -0.1) is 0 Å². The Bertz CT molecular complexity index is 1100. The van der Waals surface area contributed by atoms with Crippen LogP contribution < -0.4 is 0 Å². The van der Waals surface area contributed by atoms with E-state index >= 15 is 8.78 Å². The first-order valence-electron chi connectivity index (χ1n) is 9.90. The first-order valence-corrected chi connectivity index (χ1v) is 9.90. The van der Waals surface area contributed by atoms with Crippen molar-refractivity contribution in [3.8, 4) is 0 Å². The van der Waals surface area contributed by atoms with Gasteiger partial charge in [0.2, 0.25) is 0 Å². The molecule has 3 nitrogen and oxygen atoms in total. The molecule has 0 N–H and O–H groups in total. The molecule has 2 unspecified atom stereocenters. The second kappa shape index (κ2) is 7.95. The lowest BCUT2D eigenvalue weighted by Crippen LogP contribution is -2.34. The monoisotopic (exact) mass is 473 g/mol. The molecule has 1 aliphatic heterocycles. The maximum absolute atomic E-state index is 15.2. The van der Waals surface area contributed by atoms with Crippen molar-refractivity contribution in [2.45, 2.75) is 36.6 Å². The molecule has 2 aromatic rings. The van der Waals surface area contributed by atoms with Gasteiger partial charge in [-0.1, -0.05) is 24.3 Å². The molecule has 2 heterocycles. The molecule has 1 aromatic heterocycles. The highest BCUT2D eigenvalue weighted by Crippen LogP contribution is 2.56. The van der Waals surface area contributed by atoms with E-state index in [4.69, 9.17) is 9.47 Å². The van der Waals surface area contributed by atoms with Gasteiger partial charge >= 0.3 is 12.1 Å². The summed E-state index contributed by atoms with van der Waals surface area (Å²) >= 11 is 0. The number of hydrogen-bond donors (Lipinski definition) is 0. The van der Waals surface area contributed by atoms with Crippen LogP contribution in [0.15, 0.2) is 54.8 Å². The molecule has 33 heavy (non-hydrogen) atoms. The SMILES string of the molecule is CC1(OCC(F)(F)F)C=CC(c2ccc(C(F)(F)C3(c4ccc(F)cc4F)CO3)nc2)=CC1. The molecule has 0 radical (unpaired) electrons. The van der Waals surface area contributed by atoms with Crippen molar-refractivity contribution in [2.75, 3.05) is 13.2 Å². The van der Waals surface area contributed by atoms with Crippen LogP contribution >= 0.6 is 0 Å². The van der Waals surface area contributed by atoms with Gasteiger partial charge < -0.3 is 9.47 Å². The van der Waals surface area contributed by atoms with Gasteiger partial charge in [-0.3, -0.25) is 4.98 Å². The van der Waals surface area contributed by atoms with Gasteiger partial charge in [0, 0.05) is 17.8 Å². The van der Waals surface area contributed by atoms with E-state index in [9.17, 15) is 22.0 Å². The minimum absolute atomic E-state index is 0.146. The van der Waals surface area contributed by atoms with Crippen LogP contribution in [0.2, 0.25) is 0 Å². The first kappa shape index (κ1) is 23.4. The Morgan fingerprint density at radius 2 is 1.82 bits per heavy atom. The molecule has 1 aliphatic carbocycles. The lowest BCUT2D eigenvalue weighted by Gasteiger charge is -2.29. The van der Waals surface area contributed by atoms with Crippen LogP contribution in [0, 0.1) is 11.6 Å². The summed E-state index contributed by atoms with van der Waals surface area (Å²) in [5.41, 5.74) is -3.51. The molecule has 4 rings (SSSR count). The Morgan fingerprint density at radius 1 is 1.09 bits per heavy atom. The third kappa shape index (κ3) is 4.54. The van der Waals surface area contributed by atoms with E-state index in [0.29, 0.717) is 17.2 Å². The van der Waals surface area contributed by atoms with E-state index in [0.717, 1.165) is 18.2 Å². The minimum atomic E-state index is -4.45. The summed E-state index contributed by atoms with van der Waals surface area (Å²) in [7, 11) is 0. The van der Waals surface area contributed by atoms with Crippen molar-refractivity contribution in [3.05, 3.63) is 83.2 Å². The number of rotatable bonds is 6. The van der Waals surface area contributed by atoms with Gasteiger partial charge in [0.1, 0.15) is 23.9 Å². The molecule has 10 heteroatoms. The van der Waals surface area contributed by atoms with Crippen molar-refractivity contribution < 1.29 is 40.2 Å². The normalized spacial score (nSPS) is 25.2. The summed E-state index contributed by atoms with van der Waals surface area (Å²) in [6.07, 6.45) is 1.52. The minimum Gasteiger partial charge on any atom is -0.361 e. The highest BCUT2D eigenvalue weighted by molar-refractivity contribution is 5.75. The molecule has 2 aliphatic rings.